The monoisotopic (exact) mass is 369 g/mol. The fourth-order valence-electron chi connectivity index (χ4n) is 4.04. The molecule has 27 heavy (non-hydrogen) atoms. The number of β-amino-alcohol motifs (C(OH)–C–C–N with tert-alkyl or cyclic N) is 1. The zero-order chi connectivity index (χ0) is 18.6. The van der Waals surface area contributed by atoms with Crippen molar-refractivity contribution in [2.45, 2.75) is 38.3 Å². The van der Waals surface area contributed by atoms with Crippen molar-refractivity contribution >= 4 is 11.7 Å². The molecule has 0 aromatic carbocycles. The fourth-order valence-corrected chi connectivity index (χ4v) is 4.04. The number of carbonyl (C=O) groups is 1. The lowest BCUT2D eigenvalue weighted by Crippen LogP contribution is -2.40. The molecular formula is C20H27N5O2. The molecule has 2 aliphatic heterocycles. The highest BCUT2D eigenvalue weighted by atomic mass is 16.3. The summed E-state index contributed by atoms with van der Waals surface area (Å²) in [4.78, 5) is 21.3. The second kappa shape index (κ2) is 8.08. The van der Waals surface area contributed by atoms with Crippen LogP contribution < -0.4 is 4.90 Å². The molecule has 7 heteroatoms. The minimum Gasteiger partial charge on any atom is -0.391 e. The van der Waals surface area contributed by atoms with Gasteiger partial charge in [0.15, 0.2) is 0 Å². The number of nitrogens with zero attached hydrogens (tertiary/aromatic N) is 5. The van der Waals surface area contributed by atoms with Gasteiger partial charge in [-0.15, -0.1) is 0 Å². The van der Waals surface area contributed by atoms with Crippen LogP contribution in [-0.4, -0.2) is 63.0 Å². The van der Waals surface area contributed by atoms with Gasteiger partial charge in [-0.1, -0.05) is 0 Å². The van der Waals surface area contributed by atoms with Crippen LogP contribution in [0.1, 0.15) is 36.0 Å². The Bertz CT molecular complexity index is 738. The summed E-state index contributed by atoms with van der Waals surface area (Å²) < 4.78 is 1.97. The first-order valence-corrected chi connectivity index (χ1v) is 9.85. The summed E-state index contributed by atoms with van der Waals surface area (Å²) >= 11 is 0. The molecule has 0 bridgehead atoms. The lowest BCUT2D eigenvalue weighted by atomic mass is 9.96. The van der Waals surface area contributed by atoms with Crippen LogP contribution in [0.5, 0.6) is 0 Å². The molecule has 2 aliphatic rings. The van der Waals surface area contributed by atoms with Gasteiger partial charge in [0, 0.05) is 51.3 Å². The molecule has 0 saturated carbocycles. The van der Waals surface area contributed by atoms with Crippen molar-refractivity contribution in [2.75, 3.05) is 31.1 Å². The van der Waals surface area contributed by atoms with Gasteiger partial charge in [-0.25, -0.2) is 4.98 Å². The summed E-state index contributed by atoms with van der Waals surface area (Å²) in [7, 11) is 0. The van der Waals surface area contributed by atoms with E-state index in [9.17, 15) is 9.90 Å². The molecule has 2 aromatic heterocycles. The number of hydrogen-bond donors (Lipinski definition) is 1. The molecule has 2 saturated heterocycles. The molecule has 0 aliphatic carbocycles. The van der Waals surface area contributed by atoms with Crippen LogP contribution in [-0.2, 0) is 6.54 Å². The third kappa shape index (κ3) is 4.30. The molecule has 1 unspecified atom stereocenters. The van der Waals surface area contributed by atoms with Crippen LogP contribution in [0.2, 0.25) is 0 Å². The first kappa shape index (κ1) is 18.0. The van der Waals surface area contributed by atoms with E-state index in [2.05, 4.69) is 15.0 Å². The third-order valence-electron chi connectivity index (χ3n) is 5.62. The number of aliphatic hydroxyl groups is 1. The number of hydrogen-bond acceptors (Lipinski definition) is 5. The lowest BCUT2D eigenvalue weighted by molar-refractivity contribution is 0.0681. The van der Waals surface area contributed by atoms with Gasteiger partial charge in [0.1, 0.15) is 5.82 Å². The van der Waals surface area contributed by atoms with E-state index in [0.717, 1.165) is 57.7 Å². The second-order valence-corrected chi connectivity index (χ2v) is 7.61. The highest BCUT2D eigenvalue weighted by Gasteiger charge is 2.25. The van der Waals surface area contributed by atoms with Crippen LogP contribution in [0.4, 0.5) is 5.82 Å². The molecule has 2 fully saturated rings. The fraction of sp³-hybridized carbons (Fsp3) is 0.550. The van der Waals surface area contributed by atoms with E-state index < -0.39 is 0 Å². The van der Waals surface area contributed by atoms with Gasteiger partial charge in [-0.3, -0.25) is 9.48 Å². The molecule has 1 amide bonds. The van der Waals surface area contributed by atoms with E-state index >= 15 is 0 Å². The number of piperidine rings is 2. The van der Waals surface area contributed by atoms with Gasteiger partial charge in [0.2, 0.25) is 0 Å². The van der Waals surface area contributed by atoms with Gasteiger partial charge >= 0.3 is 0 Å². The molecule has 1 N–H and O–H groups in total. The Hall–Kier alpha value is -2.41. The van der Waals surface area contributed by atoms with Crippen molar-refractivity contribution in [1.82, 2.24) is 19.7 Å². The average Bonchev–Trinajstić information content (AvgIpc) is 3.21. The maximum absolute atomic E-state index is 12.8. The van der Waals surface area contributed by atoms with Crippen LogP contribution in [0, 0.1) is 5.92 Å². The number of aromatic nitrogens is 3. The Morgan fingerprint density at radius 3 is 2.70 bits per heavy atom. The highest BCUT2D eigenvalue weighted by molar-refractivity contribution is 5.94. The number of aliphatic hydroxyl groups excluding tert-OH is 1. The number of anilines is 1. The maximum Gasteiger partial charge on any atom is 0.255 e. The number of carbonyl (C=O) groups excluding carboxylic acids is 1. The molecule has 4 heterocycles. The van der Waals surface area contributed by atoms with Crippen molar-refractivity contribution in [3.63, 3.8) is 0 Å². The van der Waals surface area contributed by atoms with Crippen LogP contribution in [0.15, 0.2) is 36.8 Å². The van der Waals surface area contributed by atoms with Crippen molar-refractivity contribution in [3.05, 3.63) is 42.4 Å². The van der Waals surface area contributed by atoms with Gasteiger partial charge in [0.25, 0.3) is 5.91 Å². The van der Waals surface area contributed by atoms with E-state index in [0.29, 0.717) is 18.0 Å². The second-order valence-electron chi connectivity index (χ2n) is 7.61. The van der Waals surface area contributed by atoms with Crippen molar-refractivity contribution in [1.29, 1.82) is 0 Å². The topological polar surface area (TPSA) is 74.5 Å². The molecular weight excluding hydrogens is 342 g/mol. The van der Waals surface area contributed by atoms with Gasteiger partial charge in [-0.2, -0.15) is 5.10 Å². The Morgan fingerprint density at radius 2 is 2.04 bits per heavy atom. The Balaban J connectivity index is 1.32. The number of amides is 1. The normalized spacial score (nSPS) is 21.4. The molecule has 4 rings (SSSR count). The van der Waals surface area contributed by atoms with Crippen molar-refractivity contribution in [2.24, 2.45) is 5.92 Å². The van der Waals surface area contributed by atoms with E-state index in [1.165, 1.54) is 0 Å². The Morgan fingerprint density at radius 1 is 1.19 bits per heavy atom. The zero-order valence-electron chi connectivity index (χ0n) is 15.6. The summed E-state index contributed by atoms with van der Waals surface area (Å²) in [5.74, 6) is 1.47. The quantitative estimate of drug-likeness (QED) is 0.889. The predicted octanol–water partition coefficient (Wildman–Crippen LogP) is 1.79. The molecule has 2 aromatic rings. The third-order valence-corrected chi connectivity index (χ3v) is 5.62. The highest BCUT2D eigenvalue weighted by Crippen LogP contribution is 2.22. The molecule has 7 nitrogen and oxygen atoms in total. The van der Waals surface area contributed by atoms with Crippen LogP contribution in [0.3, 0.4) is 0 Å². The van der Waals surface area contributed by atoms with Gasteiger partial charge < -0.3 is 14.9 Å². The van der Waals surface area contributed by atoms with E-state index in [4.69, 9.17) is 0 Å². The van der Waals surface area contributed by atoms with E-state index in [-0.39, 0.29) is 12.0 Å². The standard InChI is InChI=1S/C20H27N5O2/c26-18-3-1-9-24(15-18)19-5-4-17(13-21-19)20(27)23-11-6-16(7-12-23)14-25-10-2-8-22-25/h2,4-5,8,10,13,16,18,26H,1,3,6-7,9,11-12,14-15H2. The Kier molecular flexibility index (Phi) is 5.38. The summed E-state index contributed by atoms with van der Waals surface area (Å²) in [6, 6.07) is 5.71. The molecule has 1 atom stereocenters. The molecule has 0 radical (unpaired) electrons. The van der Waals surface area contributed by atoms with E-state index in [1.807, 2.05) is 34.0 Å². The minimum atomic E-state index is -0.287. The summed E-state index contributed by atoms with van der Waals surface area (Å²) in [5.41, 5.74) is 0.641. The SMILES string of the molecule is O=C(c1ccc(N2CCCC(O)C2)nc1)N1CCC(Cn2cccn2)CC1. The largest absolute Gasteiger partial charge is 0.391 e. The first-order chi connectivity index (χ1) is 13.2. The van der Waals surface area contributed by atoms with Crippen LogP contribution in [0.25, 0.3) is 0 Å². The number of rotatable bonds is 4. The summed E-state index contributed by atoms with van der Waals surface area (Å²) in [6.07, 6.45) is 9.01. The predicted molar refractivity (Wildman–Crippen MR) is 103 cm³/mol. The summed E-state index contributed by atoms with van der Waals surface area (Å²) in [5, 5.41) is 14.1. The van der Waals surface area contributed by atoms with Gasteiger partial charge in [0.05, 0.1) is 11.7 Å². The Labute approximate surface area is 159 Å². The van der Waals surface area contributed by atoms with Crippen LogP contribution >= 0.6 is 0 Å². The van der Waals surface area contributed by atoms with Crippen molar-refractivity contribution < 1.29 is 9.90 Å². The minimum absolute atomic E-state index is 0.0604. The lowest BCUT2D eigenvalue weighted by Gasteiger charge is -2.32. The smallest absolute Gasteiger partial charge is 0.255 e. The first-order valence-electron chi connectivity index (χ1n) is 9.85. The molecule has 0 spiro atoms. The maximum atomic E-state index is 12.8. The molecule has 144 valence electrons. The van der Waals surface area contributed by atoms with Crippen molar-refractivity contribution in [3.8, 4) is 0 Å². The van der Waals surface area contributed by atoms with Gasteiger partial charge in [-0.05, 0) is 49.8 Å². The number of pyridine rings is 1. The summed E-state index contributed by atoms with van der Waals surface area (Å²) in [6.45, 7) is 4.01. The zero-order valence-corrected chi connectivity index (χ0v) is 15.6. The van der Waals surface area contributed by atoms with E-state index in [1.54, 1.807) is 12.4 Å². The number of likely N-dealkylation sites (tertiary alicyclic amines) is 1. The average molecular weight is 369 g/mol.